The van der Waals surface area contributed by atoms with Gasteiger partial charge in [-0.25, -0.2) is 9.97 Å². The van der Waals surface area contributed by atoms with E-state index in [9.17, 15) is 0 Å². The molecule has 0 amide bonds. The number of hydrogen-bond acceptors (Lipinski definition) is 8. The lowest BCUT2D eigenvalue weighted by molar-refractivity contribution is 0.389. The Bertz CT molecular complexity index is 1150. The first-order valence-corrected chi connectivity index (χ1v) is 17.6. The zero-order valence-corrected chi connectivity index (χ0v) is 29.4. The fraction of sp³-hybridized carbons (Fsp3) is 0.829. The summed E-state index contributed by atoms with van der Waals surface area (Å²) < 4.78 is 0. The van der Waals surface area contributed by atoms with Crippen molar-refractivity contribution < 1.29 is 0 Å². The van der Waals surface area contributed by atoms with Crippen molar-refractivity contribution in [2.75, 3.05) is 45.8 Å². The average molecular weight is 595 g/mol. The topological polar surface area (TPSA) is 64.5 Å². The van der Waals surface area contributed by atoms with E-state index in [2.05, 4.69) is 95.8 Å². The van der Waals surface area contributed by atoms with Crippen molar-refractivity contribution in [2.45, 2.75) is 145 Å². The Morgan fingerprint density at radius 2 is 0.860 bits per heavy atom. The summed E-state index contributed by atoms with van der Waals surface area (Å²) in [6, 6.07) is 1.25. The highest BCUT2D eigenvalue weighted by Gasteiger charge is 2.33. The molecule has 4 heterocycles. The lowest BCUT2D eigenvalue weighted by atomic mass is 9.98. The molecular formula is C35H62N8. The van der Waals surface area contributed by atoms with Crippen molar-refractivity contribution >= 4 is 34.6 Å². The normalized spacial score (nSPS) is 19.3. The third-order valence-electron chi connectivity index (χ3n) is 10.5. The van der Waals surface area contributed by atoms with Crippen LogP contribution in [0.25, 0.3) is 11.0 Å². The third-order valence-corrected chi connectivity index (χ3v) is 10.5. The lowest BCUT2D eigenvalue weighted by Crippen LogP contribution is -2.47. The monoisotopic (exact) mass is 595 g/mol. The molecule has 2 aliphatic heterocycles. The van der Waals surface area contributed by atoms with Crippen LogP contribution in [0.1, 0.15) is 121 Å². The van der Waals surface area contributed by atoms with Gasteiger partial charge < -0.3 is 19.6 Å². The molecule has 8 nitrogen and oxygen atoms in total. The molecule has 2 aliphatic rings. The van der Waals surface area contributed by atoms with Crippen LogP contribution >= 0.6 is 0 Å². The summed E-state index contributed by atoms with van der Waals surface area (Å²) in [5.74, 6) is 5.10. The van der Waals surface area contributed by atoms with E-state index in [4.69, 9.17) is 19.9 Å². The Hall–Kier alpha value is -2.38. The van der Waals surface area contributed by atoms with Crippen molar-refractivity contribution in [2.24, 2.45) is 17.8 Å². The summed E-state index contributed by atoms with van der Waals surface area (Å²) in [6.07, 6.45) is 8.36. The van der Waals surface area contributed by atoms with Gasteiger partial charge in [0.1, 0.15) is 11.0 Å². The molecule has 4 unspecified atom stereocenters. The molecule has 0 spiro atoms. The molecular weight excluding hydrogens is 532 g/mol. The standard InChI is InChI=1S/C35H62N8/c1-12-26(8)42(27(9)23(2)3)34-36-30-31(32(38-34)40-19-15-13-16-20-40)37-35(39-33(30)41-21-17-14-18-22-41)43(28(10)24(4)5)29(11)25(6)7/h23-29H,12-22H2,1-11H3. The second kappa shape index (κ2) is 14.6. The Balaban J connectivity index is 2.05. The molecule has 8 heteroatoms. The highest BCUT2D eigenvalue weighted by atomic mass is 15.4. The van der Waals surface area contributed by atoms with Crippen molar-refractivity contribution in [3.8, 4) is 0 Å². The van der Waals surface area contributed by atoms with E-state index in [1.54, 1.807) is 0 Å². The average Bonchev–Trinajstić information content (AvgIpc) is 3.01. The molecule has 242 valence electrons. The predicted octanol–water partition coefficient (Wildman–Crippen LogP) is 7.95. The molecule has 4 rings (SSSR count). The molecule has 2 fully saturated rings. The molecule has 0 aromatic carbocycles. The largest absolute Gasteiger partial charge is 0.355 e. The Labute approximate surface area is 263 Å². The molecule has 2 aromatic heterocycles. The highest BCUT2D eigenvalue weighted by Crippen LogP contribution is 2.37. The third kappa shape index (κ3) is 7.30. The van der Waals surface area contributed by atoms with Gasteiger partial charge in [0.25, 0.3) is 0 Å². The first-order chi connectivity index (χ1) is 20.5. The van der Waals surface area contributed by atoms with Crippen LogP contribution in [0.3, 0.4) is 0 Å². The maximum absolute atomic E-state index is 5.48. The minimum absolute atomic E-state index is 0.301. The summed E-state index contributed by atoms with van der Waals surface area (Å²) in [4.78, 5) is 31.8. The maximum atomic E-state index is 5.48. The number of hydrogen-bond donors (Lipinski definition) is 0. The number of nitrogens with zero attached hydrogens (tertiary/aromatic N) is 8. The quantitative estimate of drug-likeness (QED) is 0.245. The van der Waals surface area contributed by atoms with Crippen molar-refractivity contribution in [1.82, 2.24) is 19.9 Å². The minimum atomic E-state index is 0.301. The number of fused-ring (bicyclic) bond motifs is 1. The van der Waals surface area contributed by atoms with E-state index >= 15 is 0 Å². The zero-order valence-electron chi connectivity index (χ0n) is 29.4. The van der Waals surface area contributed by atoms with E-state index in [1.807, 2.05) is 0 Å². The Kier molecular flexibility index (Phi) is 11.4. The molecule has 2 saturated heterocycles. The number of anilines is 4. The summed E-state index contributed by atoms with van der Waals surface area (Å²) in [7, 11) is 0. The van der Waals surface area contributed by atoms with E-state index in [0.29, 0.717) is 41.9 Å². The fourth-order valence-electron chi connectivity index (χ4n) is 6.52. The number of aromatic nitrogens is 4. The zero-order chi connectivity index (χ0) is 31.4. The van der Waals surface area contributed by atoms with E-state index < -0.39 is 0 Å². The van der Waals surface area contributed by atoms with Gasteiger partial charge in [-0.3, -0.25) is 0 Å². The van der Waals surface area contributed by atoms with Gasteiger partial charge in [-0.05, 0) is 90.4 Å². The van der Waals surface area contributed by atoms with E-state index in [0.717, 1.165) is 67.2 Å². The summed E-state index contributed by atoms with van der Waals surface area (Å²) >= 11 is 0. The molecule has 0 aliphatic carbocycles. The van der Waals surface area contributed by atoms with Gasteiger partial charge in [0.05, 0.1) is 0 Å². The first kappa shape index (κ1) is 33.5. The van der Waals surface area contributed by atoms with Crippen LogP contribution in [0.5, 0.6) is 0 Å². The van der Waals surface area contributed by atoms with Crippen LogP contribution in [0.4, 0.5) is 23.5 Å². The van der Waals surface area contributed by atoms with Gasteiger partial charge >= 0.3 is 0 Å². The van der Waals surface area contributed by atoms with Crippen molar-refractivity contribution in [3.05, 3.63) is 0 Å². The predicted molar refractivity (Wildman–Crippen MR) is 185 cm³/mol. The number of piperidine rings is 2. The van der Waals surface area contributed by atoms with Crippen LogP contribution in [-0.2, 0) is 0 Å². The molecule has 0 N–H and O–H groups in total. The molecule has 0 radical (unpaired) electrons. The van der Waals surface area contributed by atoms with Crippen molar-refractivity contribution in [1.29, 1.82) is 0 Å². The maximum Gasteiger partial charge on any atom is 0.228 e. The van der Waals surface area contributed by atoms with Crippen LogP contribution in [0, 0.1) is 17.8 Å². The Morgan fingerprint density at radius 1 is 0.512 bits per heavy atom. The van der Waals surface area contributed by atoms with Crippen LogP contribution < -0.4 is 19.6 Å². The molecule has 43 heavy (non-hydrogen) atoms. The van der Waals surface area contributed by atoms with E-state index in [-0.39, 0.29) is 0 Å². The molecule has 2 aromatic rings. The molecule has 0 saturated carbocycles. The van der Waals surface area contributed by atoms with Gasteiger partial charge in [0.2, 0.25) is 11.9 Å². The molecule has 4 atom stereocenters. The SMILES string of the molecule is CCC(C)N(c1nc(N2CCCCC2)c2nc(N(C(C)C(C)C)C(C)C(C)C)nc(N3CCCCC3)c2n1)C(C)C(C)C. The second-order valence-electron chi connectivity index (χ2n) is 14.5. The first-order valence-electron chi connectivity index (χ1n) is 17.6. The van der Waals surface area contributed by atoms with Crippen LogP contribution in [-0.4, -0.2) is 70.3 Å². The van der Waals surface area contributed by atoms with Gasteiger partial charge in [0, 0.05) is 50.3 Å². The lowest BCUT2D eigenvalue weighted by Gasteiger charge is -2.40. The van der Waals surface area contributed by atoms with Gasteiger partial charge in [0.15, 0.2) is 11.6 Å². The van der Waals surface area contributed by atoms with Gasteiger partial charge in [-0.1, -0.05) is 48.5 Å². The Morgan fingerprint density at radius 3 is 1.21 bits per heavy atom. The summed E-state index contributed by atoms with van der Waals surface area (Å²) in [5.41, 5.74) is 1.85. The minimum Gasteiger partial charge on any atom is -0.355 e. The van der Waals surface area contributed by atoms with Gasteiger partial charge in [-0.15, -0.1) is 0 Å². The highest BCUT2D eigenvalue weighted by molar-refractivity contribution is 5.95. The van der Waals surface area contributed by atoms with E-state index in [1.165, 1.54) is 38.5 Å². The summed E-state index contributed by atoms with van der Waals surface area (Å²) in [5, 5.41) is 0. The van der Waals surface area contributed by atoms with Crippen molar-refractivity contribution in [3.63, 3.8) is 0 Å². The fourth-order valence-corrected chi connectivity index (χ4v) is 6.52. The smallest absolute Gasteiger partial charge is 0.228 e. The van der Waals surface area contributed by atoms with Crippen LogP contribution in [0.15, 0.2) is 0 Å². The van der Waals surface area contributed by atoms with Crippen LogP contribution in [0.2, 0.25) is 0 Å². The second-order valence-corrected chi connectivity index (χ2v) is 14.5. The summed E-state index contributed by atoms with van der Waals surface area (Å²) in [6.45, 7) is 29.5. The van der Waals surface area contributed by atoms with Gasteiger partial charge in [-0.2, -0.15) is 9.97 Å². The number of rotatable bonds is 12. The molecule has 0 bridgehead atoms.